The number of nitrogens with one attached hydrogen (secondary N) is 1. The Labute approximate surface area is 116 Å². The summed E-state index contributed by atoms with van der Waals surface area (Å²) in [6.45, 7) is 0.639. The molecule has 0 saturated carbocycles. The number of rotatable bonds is 4. The molecule has 0 spiro atoms. The van der Waals surface area contributed by atoms with Gasteiger partial charge < -0.3 is 9.73 Å². The highest BCUT2D eigenvalue weighted by molar-refractivity contribution is 5.63. The van der Waals surface area contributed by atoms with E-state index in [0.717, 1.165) is 22.6 Å². The standard InChI is InChI=1S/C16H13FN2O/c17-14-6-4-12(5-7-14)9-19-15-3-1-2-13(8-15)16-10-18-11-20-16/h1-8,10-11,19H,9H2. The number of anilines is 1. The first kappa shape index (κ1) is 12.4. The van der Waals surface area contributed by atoms with Crippen LogP contribution in [0.2, 0.25) is 0 Å². The van der Waals surface area contributed by atoms with Crippen LogP contribution < -0.4 is 5.32 Å². The van der Waals surface area contributed by atoms with Gasteiger partial charge in [-0.15, -0.1) is 0 Å². The molecule has 0 atom stereocenters. The highest BCUT2D eigenvalue weighted by Gasteiger charge is 2.02. The molecule has 0 unspecified atom stereocenters. The van der Waals surface area contributed by atoms with E-state index < -0.39 is 0 Å². The minimum absolute atomic E-state index is 0.221. The van der Waals surface area contributed by atoms with E-state index in [4.69, 9.17) is 4.42 Å². The molecule has 3 rings (SSSR count). The maximum absolute atomic E-state index is 12.8. The molecule has 20 heavy (non-hydrogen) atoms. The topological polar surface area (TPSA) is 38.1 Å². The van der Waals surface area contributed by atoms with Crippen molar-refractivity contribution in [3.05, 3.63) is 72.5 Å². The molecule has 100 valence electrons. The summed E-state index contributed by atoms with van der Waals surface area (Å²) in [4.78, 5) is 3.91. The zero-order valence-electron chi connectivity index (χ0n) is 10.7. The second-order valence-electron chi connectivity index (χ2n) is 4.43. The van der Waals surface area contributed by atoms with Crippen molar-refractivity contribution in [2.45, 2.75) is 6.54 Å². The molecule has 2 aromatic carbocycles. The number of nitrogens with zero attached hydrogens (tertiary/aromatic N) is 1. The fourth-order valence-corrected chi connectivity index (χ4v) is 1.95. The largest absolute Gasteiger partial charge is 0.444 e. The second-order valence-corrected chi connectivity index (χ2v) is 4.43. The first-order valence-electron chi connectivity index (χ1n) is 6.28. The van der Waals surface area contributed by atoms with Gasteiger partial charge in [0.05, 0.1) is 6.20 Å². The Balaban J connectivity index is 1.72. The van der Waals surface area contributed by atoms with Gasteiger partial charge >= 0.3 is 0 Å². The van der Waals surface area contributed by atoms with Crippen LogP contribution in [0, 0.1) is 5.82 Å². The summed E-state index contributed by atoms with van der Waals surface area (Å²) in [7, 11) is 0. The third-order valence-electron chi connectivity index (χ3n) is 2.99. The van der Waals surface area contributed by atoms with Crippen molar-refractivity contribution >= 4 is 5.69 Å². The molecule has 0 radical (unpaired) electrons. The monoisotopic (exact) mass is 268 g/mol. The lowest BCUT2D eigenvalue weighted by Gasteiger charge is -2.07. The summed E-state index contributed by atoms with van der Waals surface area (Å²) >= 11 is 0. The van der Waals surface area contributed by atoms with Gasteiger partial charge in [0.2, 0.25) is 0 Å². The van der Waals surface area contributed by atoms with Crippen LogP contribution in [-0.4, -0.2) is 4.98 Å². The molecule has 0 bridgehead atoms. The third kappa shape index (κ3) is 2.85. The lowest BCUT2D eigenvalue weighted by Crippen LogP contribution is -1.99. The van der Waals surface area contributed by atoms with E-state index in [9.17, 15) is 4.39 Å². The van der Waals surface area contributed by atoms with E-state index in [2.05, 4.69) is 10.3 Å². The van der Waals surface area contributed by atoms with Gasteiger partial charge in [-0.05, 0) is 29.8 Å². The maximum Gasteiger partial charge on any atom is 0.181 e. The smallest absolute Gasteiger partial charge is 0.181 e. The normalized spacial score (nSPS) is 10.4. The van der Waals surface area contributed by atoms with Gasteiger partial charge in [0.15, 0.2) is 12.2 Å². The fourth-order valence-electron chi connectivity index (χ4n) is 1.95. The number of benzene rings is 2. The molecule has 4 heteroatoms. The van der Waals surface area contributed by atoms with Crippen LogP contribution in [0.3, 0.4) is 0 Å². The van der Waals surface area contributed by atoms with Crippen molar-refractivity contribution < 1.29 is 8.81 Å². The molecule has 3 nitrogen and oxygen atoms in total. The second kappa shape index (κ2) is 5.57. The van der Waals surface area contributed by atoms with Gasteiger partial charge in [0.25, 0.3) is 0 Å². The average molecular weight is 268 g/mol. The highest BCUT2D eigenvalue weighted by atomic mass is 19.1. The Bertz CT molecular complexity index is 678. The van der Waals surface area contributed by atoms with Crippen LogP contribution in [0.4, 0.5) is 10.1 Å². The van der Waals surface area contributed by atoms with E-state index in [1.165, 1.54) is 18.5 Å². The number of oxazole rings is 1. The predicted octanol–water partition coefficient (Wildman–Crippen LogP) is 4.09. The van der Waals surface area contributed by atoms with E-state index in [1.54, 1.807) is 18.3 Å². The van der Waals surface area contributed by atoms with E-state index >= 15 is 0 Å². The highest BCUT2D eigenvalue weighted by Crippen LogP contribution is 2.22. The Morgan fingerprint density at radius 2 is 1.95 bits per heavy atom. The van der Waals surface area contributed by atoms with Crippen molar-refractivity contribution in [3.63, 3.8) is 0 Å². The molecular formula is C16H13FN2O. The number of aromatic nitrogens is 1. The summed E-state index contributed by atoms with van der Waals surface area (Å²) in [5, 5.41) is 3.30. The van der Waals surface area contributed by atoms with Gasteiger partial charge in [0.1, 0.15) is 5.82 Å². The van der Waals surface area contributed by atoms with Crippen LogP contribution in [0.25, 0.3) is 11.3 Å². The van der Waals surface area contributed by atoms with Crippen molar-refractivity contribution in [1.82, 2.24) is 4.98 Å². The zero-order valence-corrected chi connectivity index (χ0v) is 10.7. The van der Waals surface area contributed by atoms with E-state index in [1.807, 2.05) is 24.3 Å². The molecule has 0 amide bonds. The first-order chi connectivity index (χ1) is 9.81. The van der Waals surface area contributed by atoms with E-state index in [-0.39, 0.29) is 5.82 Å². The maximum atomic E-state index is 12.8. The van der Waals surface area contributed by atoms with Crippen LogP contribution in [0.15, 0.2) is 65.5 Å². The molecule has 0 aliphatic carbocycles. The summed E-state index contributed by atoms with van der Waals surface area (Å²) in [5.74, 6) is 0.511. The predicted molar refractivity (Wildman–Crippen MR) is 75.7 cm³/mol. The summed E-state index contributed by atoms with van der Waals surface area (Å²) in [5.41, 5.74) is 2.96. The average Bonchev–Trinajstić information content (AvgIpc) is 3.01. The van der Waals surface area contributed by atoms with Crippen molar-refractivity contribution in [3.8, 4) is 11.3 Å². The Kier molecular flexibility index (Phi) is 3.46. The Hall–Kier alpha value is -2.62. The van der Waals surface area contributed by atoms with Crippen LogP contribution in [0.5, 0.6) is 0 Å². The van der Waals surface area contributed by atoms with Gasteiger partial charge in [-0.2, -0.15) is 0 Å². The van der Waals surface area contributed by atoms with Crippen molar-refractivity contribution in [1.29, 1.82) is 0 Å². The van der Waals surface area contributed by atoms with Crippen molar-refractivity contribution in [2.24, 2.45) is 0 Å². The summed E-state index contributed by atoms with van der Waals surface area (Å²) < 4.78 is 18.1. The minimum atomic E-state index is -0.221. The van der Waals surface area contributed by atoms with Crippen LogP contribution in [0.1, 0.15) is 5.56 Å². The van der Waals surface area contributed by atoms with Crippen LogP contribution in [-0.2, 0) is 6.54 Å². The SMILES string of the molecule is Fc1ccc(CNc2cccc(-c3cnco3)c2)cc1. The number of halogens is 1. The van der Waals surface area contributed by atoms with Gasteiger partial charge in [-0.3, -0.25) is 0 Å². The molecule has 1 N–H and O–H groups in total. The van der Waals surface area contributed by atoms with Gasteiger partial charge in [0, 0.05) is 17.8 Å². The summed E-state index contributed by atoms with van der Waals surface area (Å²) in [6, 6.07) is 14.3. The number of hydrogen-bond donors (Lipinski definition) is 1. The molecule has 3 aromatic rings. The molecule has 0 aliphatic rings. The lowest BCUT2D eigenvalue weighted by molar-refractivity contribution is 0.572. The van der Waals surface area contributed by atoms with Gasteiger partial charge in [-0.25, -0.2) is 9.37 Å². The lowest BCUT2D eigenvalue weighted by atomic mass is 10.1. The molecular weight excluding hydrogens is 255 g/mol. The summed E-state index contributed by atoms with van der Waals surface area (Å²) in [6.07, 6.45) is 3.09. The molecule has 0 aliphatic heterocycles. The molecule has 0 saturated heterocycles. The number of hydrogen-bond acceptors (Lipinski definition) is 3. The fraction of sp³-hybridized carbons (Fsp3) is 0.0625. The molecule has 0 fully saturated rings. The Morgan fingerprint density at radius 3 is 2.70 bits per heavy atom. The van der Waals surface area contributed by atoms with Gasteiger partial charge in [-0.1, -0.05) is 24.3 Å². The van der Waals surface area contributed by atoms with E-state index in [0.29, 0.717) is 6.54 Å². The zero-order chi connectivity index (χ0) is 13.8. The quantitative estimate of drug-likeness (QED) is 0.774. The van der Waals surface area contributed by atoms with Crippen LogP contribution >= 0.6 is 0 Å². The Morgan fingerprint density at radius 1 is 1.10 bits per heavy atom. The third-order valence-corrected chi connectivity index (χ3v) is 2.99. The molecule has 1 heterocycles. The minimum Gasteiger partial charge on any atom is -0.444 e. The molecule has 1 aromatic heterocycles. The van der Waals surface area contributed by atoms with Crippen molar-refractivity contribution in [2.75, 3.05) is 5.32 Å². The first-order valence-corrected chi connectivity index (χ1v) is 6.28.